The van der Waals surface area contributed by atoms with Gasteiger partial charge in [-0.05, 0) is 48.2 Å². The highest BCUT2D eigenvalue weighted by Crippen LogP contribution is 2.38. The summed E-state index contributed by atoms with van der Waals surface area (Å²) >= 11 is 0. The minimum absolute atomic E-state index is 0.0246. The zero-order chi connectivity index (χ0) is 26.0. The van der Waals surface area contributed by atoms with Crippen LogP contribution in [0.1, 0.15) is 29.7 Å². The van der Waals surface area contributed by atoms with Crippen LogP contribution in [-0.2, 0) is 17.9 Å². The van der Waals surface area contributed by atoms with Gasteiger partial charge in [0.25, 0.3) is 5.91 Å². The minimum Gasteiger partial charge on any atom is -0.348 e. The van der Waals surface area contributed by atoms with Crippen molar-refractivity contribution in [3.63, 3.8) is 0 Å². The monoisotopic (exact) mass is 513 g/mol. The Bertz CT molecular complexity index is 1640. The second-order valence-electron chi connectivity index (χ2n) is 10.3. The van der Waals surface area contributed by atoms with Crippen LogP contribution in [0.15, 0.2) is 48.9 Å². The largest absolute Gasteiger partial charge is 0.348 e. The second-order valence-corrected chi connectivity index (χ2v) is 10.3. The topological polar surface area (TPSA) is 101 Å². The fraction of sp³-hybridized carbons (Fsp3) is 0.321. The third kappa shape index (κ3) is 3.59. The molecular formula is C28H28FN7O2. The number of nitrogens with two attached hydrogens (primary N) is 1. The zero-order valence-corrected chi connectivity index (χ0v) is 20.9. The molecule has 3 N–H and O–H groups in total. The number of hydrogen-bond acceptors (Lipinski definition) is 4. The molecule has 0 saturated carbocycles. The standard InChI is InChI=1S/C28H28FN7O2/c29-18-11-17-15-35(28(38)33-7-4-19(30)5-8-33)10-9-34-16-22(20(12-18)26(17)34)21-13-32-27(37)25(21)23-14-31-24-3-1-2-6-36(23)24/h1-3,6,11-12,14,16,19H,4-5,7-10,13,15,30H2,(H,32,37). The van der Waals surface area contributed by atoms with E-state index in [1.165, 1.54) is 12.1 Å². The number of nitrogens with zero attached hydrogens (tertiary/aromatic N) is 5. The lowest BCUT2D eigenvalue weighted by Gasteiger charge is -2.34. The number of likely N-dealkylation sites (tertiary alicyclic amines) is 1. The summed E-state index contributed by atoms with van der Waals surface area (Å²) in [5, 5.41) is 3.70. The number of aromatic nitrogens is 3. The summed E-state index contributed by atoms with van der Waals surface area (Å²) in [7, 11) is 0. The van der Waals surface area contributed by atoms with Gasteiger partial charge >= 0.3 is 6.03 Å². The molecule has 7 rings (SSSR count). The summed E-state index contributed by atoms with van der Waals surface area (Å²) in [6.07, 6.45) is 7.18. The van der Waals surface area contributed by atoms with Crippen molar-refractivity contribution in [1.29, 1.82) is 0 Å². The van der Waals surface area contributed by atoms with Gasteiger partial charge in [-0.25, -0.2) is 14.2 Å². The molecule has 1 fully saturated rings. The van der Waals surface area contributed by atoms with Gasteiger partial charge in [0, 0.05) is 68.7 Å². The van der Waals surface area contributed by atoms with Gasteiger partial charge in [-0.3, -0.25) is 9.20 Å². The lowest BCUT2D eigenvalue weighted by molar-refractivity contribution is -0.114. The van der Waals surface area contributed by atoms with Crippen molar-refractivity contribution >= 4 is 39.6 Å². The third-order valence-corrected chi connectivity index (χ3v) is 8.02. The van der Waals surface area contributed by atoms with E-state index in [1.54, 1.807) is 6.20 Å². The first-order valence-electron chi connectivity index (χ1n) is 13.0. The van der Waals surface area contributed by atoms with Crippen LogP contribution in [0, 0.1) is 5.82 Å². The van der Waals surface area contributed by atoms with Crippen LogP contribution in [0.5, 0.6) is 0 Å². The molecule has 4 aromatic rings. The van der Waals surface area contributed by atoms with Crippen molar-refractivity contribution < 1.29 is 14.0 Å². The molecule has 3 aliphatic heterocycles. The summed E-state index contributed by atoms with van der Waals surface area (Å²) < 4.78 is 19.0. The van der Waals surface area contributed by atoms with Crippen LogP contribution >= 0.6 is 0 Å². The molecule has 0 spiro atoms. The molecule has 9 nitrogen and oxygen atoms in total. The lowest BCUT2D eigenvalue weighted by atomic mass is 9.98. The van der Waals surface area contributed by atoms with Gasteiger partial charge in [-0.15, -0.1) is 0 Å². The molecule has 0 bridgehead atoms. The maximum absolute atomic E-state index is 15.0. The molecular weight excluding hydrogens is 485 g/mol. The number of hydrogen-bond donors (Lipinski definition) is 2. The summed E-state index contributed by atoms with van der Waals surface area (Å²) in [5.41, 5.74) is 11.3. The molecule has 0 aliphatic carbocycles. The Kier molecular flexibility index (Phi) is 5.26. The van der Waals surface area contributed by atoms with E-state index in [9.17, 15) is 9.59 Å². The van der Waals surface area contributed by atoms with Crippen molar-refractivity contribution in [3.8, 4) is 0 Å². The van der Waals surface area contributed by atoms with Gasteiger partial charge in [0.15, 0.2) is 0 Å². The molecule has 1 aromatic carbocycles. The number of carbonyl (C=O) groups is 2. The molecule has 194 valence electrons. The third-order valence-electron chi connectivity index (χ3n) is 8.02. The van der Waals surface area contributed by atoms with Crippen LogP contribution in [0.25, 0.3) is 27.7 Å². The van der Waals surface area contributed by atoms with E-state index < -0.39 is 0 Å². The normalized spacial score (nSPS) is 18.5. The van der Waals surface area contributed by atoms with Crippen molar-refractivity contribution in [3.05, 3.63) is 71.6 Å². The number of nitrogens with one attached hydrogen (secondary N) is 1. The van der Waals surface area contributed by atoms with Crippen LogP contribution in [0.3, 0.4) is 0 Å². The number of pyridine rings is 1. The maximum atomic E-state index is 15.0. The predicted molar refractivity (Wildman–Crippen MR) is 142 cm³/mol. The van der Waals surface area contributed by atoms with Crippen molar-refractivity contribution in [2.24, 2.45) is 5.73 Å². The van der Waals surface area contributed by atoms with Crippen LogP contribution in [-0.4, -0.2) is 67.9 Å². The average molecular weight is 514 g/mol. The summed E-state index contributed by atoms with van der Waals surface area (Å²) in [6, 6.07) is 8.87. The summed E-state index contributed by atoms with van der Waals surface area (Å²) in [6.45, 7) is 3.06. The second kappa shape index (κ2) is 8.70. The number of urea groups is 1. The number of rotatable bonds is 2. The molecule has 6 heterocycles. The van der Waals surface area contributed by atoms with E-state index in [0.717, 1.165) is 46.1 Å². The van der Waals surface area contributed by atoms with Crippen LogP contribution in [0.4, 0.5) is 9.18 Å². The Morgan fingerprint density at radius 3 is 2.79 bits per heavy atom. The smallest absolute Gasteiger partial charge is 0.320 e. The van der Waals surface area contributed by atoms with Crippen molar-refractivity contribution in [2.75, 3.05) is 26.2 Å². The molecule has 3 aromatic heterocycles. The number of piperidine rings is 1. The van der Waals surface area contributed by atoms with Gasteiger partial charge in [0.1, 0.15) is 11.5 Å². The highest BCUT2D eigenvalue weighted by molar-refractivity contribution is 6.31. The number of benzene rings is 1. The number of halogens is 1. The summed E-state index contributed by atoms with van der Waals surface area (Å²) in [4.78, 5) is 34.5. The maximum Gasteiger partial charge on any atom is 0.320 e. The fourth-order valence-electron chi connectivity index (χ4n) is 6.10. The fourth-order valence-corrected chi connectivity index (χ4v) is 6.10. The number of amides is 3. The molecule has 0 unspecified atom stereocenters. The van der Waals surface area contributed by atoms with Gasteiger partial charge < -0.3 is 25.4 Å². The Labute approximate surface area is 218 Å². The first-order chi connectivity index (χ1) is 18.5. The van der Waals surface area contributed by atoms with E-state index >= 15 is 4.39 Å². The lowest BCUT2D eigenvalue weighted by Crippen LogP contribution is -2.49. The Hall–Kier alpha value is -4.18. The SMILES string of the molecule is NC1CCN(C(=O)N2CCn3cc(C4=C(c5cnc6ccccn56)C(=O)NC4)c4cc(F)cc(c43)C2)CC1. The molecule has 38 heavy (non-hydrogen) atoms. The van der Waals surface area contributed by atoms with E-state index in [2.05, 4.69) is 14.9 Å². The van der Waals surface area contributed by atoms with Crippen molar-refractivity contribution in [2.45, 2.75) is 32.0 Å². The number of fused-ring (bicyclic) bond motifs is 1. The quantitative estimate of drug-likeness (QED) is 0.431. The van der Waals surface area contributed by atoms with Gasteiger partial charge in [0.2, 0.25) is 0 Å². The van der Waals surface area contributed by atoms with E-state index in [0.29, 0.717) is 50.5 Å². The Balaban J connectivity index is 1.31. The minimum atomic E-state index is -0.362. The van der Waals surface area contributed by atoms with Gasteiger partial charge in [0.05, 0.1) is 23.0 Å². The van der Waals surface area contributed by atoms with E-state index in [4.69, 9.17) is 5.73 Å². The van der Waals surface area contributed by atoms with Gasteiger partial charge in [-0.1, -0.05) is 6.07 Å². The number of imidazole rings is 1. The number of carbonyl (C=O) groups excluding carboxylic acids is 2. The molecule has 1 saturated heterocycles. The highest BCUT2D eigenvalue weighted by Gasteiger charge is 2.32. The molecule has 0 atom stereocenters. The zero-order valence-electron chi connectivity index (χ0n) is 20.9. The Morgan fingerprint density at radius 2 is 1.95 bits per heavy atom. The first kappa shape index (κ1) is 23.0. The van der Waals surface area contributed by atoms with Crippen LogP contribution < -0.4 is 11.1 Å². The molecule has 0 radical (unpaired) electrons. The summed E-state index contributed by atoms with van der Waals surface area (Å²) in [5.74, 6) is -0.535. The van der Waals surface area contributed by atoms with Crippen molar-refractivity contribution in [1.82, 2.24) is 29.1 Å². The van der Waals surface area contributed by atoms with E-state index in [1.807, 2.05) is 44.8 Å². The first-order valence-corrected chi connectivity index (χ1v) is 13.0. The Morgan fingerprint density at radius 1 is 1.11 bits per heavy atom. The van der Waals surface area contributed by atoms with Crippen LogP contribution in [0.2, 0.25) is 0 Å². The highest BCUT2D eigenvalue weighted by atomic mass is 19.1. The average Bonchev–Trinajstić information content (AvgIpc) is 3.57. The van der Waals surface area contributed by atoms with E-state index in [-0.39, 0.29) is 23.8 Å². The predicted octanol–water partition coefficient (Wildman–Crippen LogP) is 2.83. The van der Waals surface area contributed by atoms with Gasteiger partial charge in [-0.2, -0.15) is 0 Å². The molecule has 3 aliphatic rings. The molecule has 3 amide bonds. The molecule has 10 heteroatoms.